The molecule has 0 aromatic carbocycles. The standard InChI is InChI=1S/C13H24N4O2/c1-13(2,17-7-5-14-6-8-17)12(19)16-10-3-4-11(18)15-9-10/h10,14H,3-9H2,1-2H3,(H,15,18)(H,16,19). The molecule has 2 saturated heterocycles. The lowest BCUT2D eigenvalue weighted by atomic mass is 9.98. The Balaban J connectivity index is 1.88. The molecule has 2 amide bonds. The Bertz CT molecular complexity index is 341. The van der Waals surface area contributed by atoms with Gasteiger partial charge in [0.25, 0.3) is 0 Å². The Morgan fingerprint density at radius 2 is 2.05 bits per heavy atom. The summed E-state index contributed by atoms with van der Waals surface area (Å²) in [5, 5.41) is 9.14. The first-order valence-corrected chi connectivity index (χ1v) is 7.03. The SMILES string of the molecule is CC(C)(C(=O)NC1CCC(=O)NC1)N1CCNCC1. The highest BCUT2D eigenvalue weighted by molar-refractivity contribution is 5.86. The minimum absolute atomic E-state index is 0.0514. The number of nitrogens with one attached hydrogen (secondary N) is 3. The second kappa shape index (κ2) is 5.88. The van der Waals surface area contributed by atoms with Gasteiger partial charge < -0.3 is 16.0 Å². The number of hydrogen-bond donors (Lipinski definition) is 3. The van der Waals surface area contributed by atoms with Gasteiger partial charge in [-0.25, -0.2) is 0 Å². The molecule has 2 aliphatic rings. The molecule has 0 bridgehead atoms. The molecule has 2 rings (SSSR count). The van der Waals surface area contributed by atoms with E-state index in [1.807, 2.05) is 13.8 Å². The fourth-order valence-electron chi connectivity index (χ4n) is 2.59. The van der Waals surface area contributed by atoms with Crippen LogP contribution in [0.1, 0.15) is 26.7 Å². The summed E-state index contributed by atoms with van der Waals surface area (Å²) in [5.74, 6) is 0.127. The minimum Gasteiger partial charge on any atom is -0.354 e. The van der Waals surface area contributed by atoms with Gasteiger partial charge in [-0.1, -0.05) is 0 Å². The van der Waals surface area contributed by atoms with E-state index in [1.54, 1.807) is 0 Å². The van der Waals surface area contributed by atoms with Crippen molar-refractivity contribution in [2.45, 2.75) is 38.3 Å². The Kier molecular flexibility index (Phi) is 4.42. The predicted octanol–water partition coefficient (Wildman–Crippen LogP) is -0.935. The zero-order chi connectivity index (χ0) is 13.9. The molecule has 0 aliphatic carbocycles. The van der Waals surface area contributed by atoms with E-state index in [9.17, 15) is 9.59 Å². The Hall–Kier alpha value is -1.14. The number of hydrogen-bond acceptors (Lipinski definition) is 4. The third-order valence-electron chi connectivity index (χ3n) is 4.06. The molecule has 0 aromatic heterocycles. The molecule has 2 aliphatic heterocycles. The molecular formula is C13H24N4O2. The quantitative estimate of drug-likeness (QED) is 0.618. The number of piperazine rings is 1. The van der Waals surface area contributed by atoms with Gasteiger partial charge in [0.2, 0.25) is 11.8 Å². The van der Waals surface area contributed by atoms with E-state index >= 15 is 0 Å². The molecule has 0 radical (unpaired) electrons. The molecule has 0 aromatic rings. The summed E-state index contributed by atoms with van der Waals surface area (Å²) in [6.07, 6.45) is 1.23. The average Bonchev–Trinajstić information content (AvgIpc) is 2.42. The van der Waals surface area contributed by atoms with Crippen molar-refractivity contribution in [2.75, 3.05) is 32.7 Å². The highest BCUT2D eigenvalue weighted by Gasteiger charge is 2.36. The van der Waals surface area contributed by atoms with E-state index in [-0.39, 0.29) is 17.9 Å². The first kappa shape index (κ1) is 14.3. The summed E-state index contributed by atoms with van der Waals surface area (Å²) in [6.45, 7) is 8.11. The van der Waals surface area contributed by atoms with Gasteiger partial charge in [-0.2, -0.15) is 0 Å². The van der Waals surface area contributed by atoms with Gasteiger partial charge in [0, 0.05) is 45.2 Å². The molecule has 2 heterocycles. The summed E-state index contributed by atoms with van der Waals surface area (Å²) < 4.78 is 0. The Morgan fingerprint density at radius 1 is 1.37 bits per heavy atom. The summed E-state index contributed by atoms with van der Waals surface area (Å²) >= 11 is 0. The lowest BCUT2D eigenvalue weighted by Gasteiger charge is -2.40. The molecule has 0 saturated carbocycles. The van der Waals surface area contributed by atoms with Crippen molar-refractivity contribution < 1.29 is 9.59 Å². The fourth-order valence-corrected chi connectivity index (χ4v) is 2.59. The van der Waals surface area contributed by atoms with Crippen LogP contribution in [0, 0.1) is 0 Å². The summed E-state index contributed by atoms with van der Waals surface area (Å²) in [4.78, 5) is 25.7. The average molecular weight is 268 g/mol. The molecule has 108 valence electrons. The number of carbonyl (C=O) groups is 2. The lowest BCUT2D eigenvalue weighted by molar-refractivity contribution is -0.134. The van der Waals surface area contributed by atoms with Crippen LogP contribution in [0.25, 0.3) is 0 Å². The second-order valence-corrected chi connectivity index (χ2v) is 5.81. The molecule has 1 unspecified atom stereocenters. The topological polar surface area (TPSA) is 73.5 Å². The van der Waals surface area contributed by atoms with Crippen molar-refractivity contribution in [1.82, 2.24) is 20.9 Å². The molecule has 0 spiro atoms. The molecule has 19 heavy (non-hydrogen) atoms. The first-order valence-electron chi connectivity index (χ1n) is 7.03. The third-order valence-corrected chi connectivity index (χ3v) is 4.06. The third kappa shape index (κ3) is 3.45. The largest absolute Gasteiger partial charge is 0.354 e. The fraction of sp³-hybridized carbons (Fsp3) is 0.846. The maximum atomic E-state index is 12.4. The predicted molar refractivity (Wildman–Crippen MR) is 72.7 cm³/mol. The summed E-state index contributed by atoms with van der Waals surface area (Å²) in [5.41, 5.74) is -0.496. The summed E-state index contributed by atoms with van der Waals surface area (Å²) in [6, 6.07) is 0.0624. The van der Waals surface area contributed by atoms with Crippen LogP contribution in [-0.4, -0.2) is 61.0 Å². The van der Waals surface area contributed by atoms with E-state index < -0.39 is 5.54 Å². The molecule has 1 atom stereocenters. The molecule has 2 fully saturated rings. The van der Waals surface area contributed by atoms with Crippen LogP contribution < -0.4 is 16.0 Å². The van der Waals surface area contributed by atoms with Crippen LogP contribution in [0.15, 0.2) is 0 Å². The van der Waals surface area contributed by atoms with Gasteiger partial charge in [-0.3, -0.25) is 14.5 Å². The smallest absolute Gasteiger partial charge is 0.240 e. The van der Waals surface area contributed by atoms with Gasteiger partial charge in [0.15, 0.2) is 0 Å². The van der Waals surface area contributed by atoms with Gasteiger partial charge in [0.1, 0.15) is 0 Å². The van der Waals surface area contributed by atoms with Crippen LogP contribution in [0.5, 0.6) is 0 Å². The molecular weight excluding hydrogens is 244 g/mol. The highest BCUT2D eigenvalue weighted by Crippen LogP contribution is 2.16. The summed E-state index contributed by atoms with van der Waals surface area (Å²) in [7, 11) is 0. The first-order chi connectivity index (χ1) is 9.00. The Labute approximate surface area is 114 Å². The zero-order valence-corrected chi connectivity index (χ0v) is 11.8. The van der Waals surface area contributed by atoms with E-state index in [1.165, 1.54) is 0 Å². The van der Waals surface area contributed by atoms with Crippen molar-refractivity contribution in [3.05, 3.63) is 0 Å². The van der Waals surface area contributed by atoms with Gasteiger partial charge >= 0.3 is 0 Å². The van der Waals surface area contributed by atoms with Crippen molar-refractivity contribution >= 4 is 11.8 Å². The monoisotopic (exact) mass is 268 g/mol. The molecule has 6 nitrogen and oxygen atoms in total. The van der Waals surface area contributed by atoms with Crippen LogP contribution >= 0.6 is 0 Å². The van der Waals surface area contributed by atoms with Gasteiger partial charge in [-0.15, -0.1) is 0 Å². The van der Waals surface area contributed by atoms with Crippen molar-refractivity contribution in [2.24, 2.45) is 0 Å². The maximum Gasteiger partial charge on any atom is 0.240 e. The van der Waals surface area contributed by atoms with E-state index in [2.05, 4.69) is 20.9 Å². The number of amides is 2. The highest BCUT2D eigenvalue weighted by atomic mass is 16.2. The van der Waals surface area contributed by atoms with E-state index in [4.69, 9.17) is 0 Å². The number of nitrogens with zero attached hydrogens (tertiary/aromatic N) is 1. The number of rotatable bonds is 3. The Morgan fingerprint density at radius 3 is 2.63 bits per heavy atom. The van der Waals surface area contributed by atoms with Crippen LogP contribution in [0.4, 0.5) is 0 Å². The van der Waals surface area contributed by atoms with Crippen LogP contribution in [-0.2, 0) is 9.59 Å². The van der Waals surface area contributed by atoms with Gasteiger partial charge in [-0.05, 0) is 20.3 Å². The number of carbonyl (C=O) groups excluding carboxylic acids is 2. The van der Waals surface area contributed by atoms with Crippen LogP contribution in [0.3, 0.4) is 0 Å². The maximum absolute atomic E-state index is 12.4. The normalized spacial score (nSPS) is 25.8. The van der Waals surface area contributed by atoms with Crippen molar-refractivity contribution in [3.8, 4) is 0 Å². The second-order valence-electron chi connectivity index (χ2n) is 5.81. The van der Waals surface area contributed by atoms with Crippen molar-refractivity contribution in [3.63, 3.8) is 0 Å². The van der Waals surface area contributed by atoms with Crippen LogP contribution in [0.2, 0.25) is 0 Å². The number of piperidine rings is 1. The lowest BCUT2D eigenvalue weighted by Crippen LogP contribution is -2.62. The van der Waals surface area contributed by atoms with Crippen molar-refractivity contribution in [1.29, 1.82) is 0 Å². The molecule has 3 N–H and O–H groups in total. The van der Waals surface area contributed by atoms with Gasteiger partial charge in [0.05, 0.1) is 5.54 Å². The zero-order valence-electron chi connectivity index (χ0n) is 11.8. The minimum atomic E-state index is -0.496. The van der Waals surface area contributed by atoms with E-state index in [0.717, 1.165) is 32.6 Å². The van der Waals surface area contributed by atoms with E-state index in [0.29, 0.717) is 13.0 Å². The molecule has 6 heteroatoms.